The van der Waals surface area contributed by atoms with Crippen molar-refractivity contribution < 1.29 is 34.4 Å². The summed E-state index contributed by atoms with van der Waals surface area (Å²) in [6, 6.07) is 15.0. The molecule has 2 aliphatic carbocycles. The Kier molecular flexibility index (Phi) is 8.63. The maximum Gasteiger partial charge on any atom is 0.414 e. The highest BCUT2D eigenvalue weighted by atomic mass is 32.2. The number of rotatable bonds is 9. The van der Waals surface area contributed by atoms with Crippen LogP contribution in [0.25, 0.3) is 10.9 Å². The molecule has 5 rings (SSSR count). The van der Waals surface area contributed by atoms with Crippen LogP contribution in [0, 0.1) is 0 Å². The van der Waals surface area contributed by atoms with Crippen molar-refractivity contribution in [1.82, 2.24) is 9.47 Å². The lowest BCUT2D eigenvalue weighted by Gasteiger charge is -2.18. The summed E-state index contributed by atoms with van der Waals surface area (Å²) < 4.78 is 7.89. The molecular weight excluding hydrogens is 508 g/mol. The molecule has 2 saturated carbocycles. The minimum Gasteiger partial charge on any atom is -0.508 e. The van der Waals surface area contributed by atoms with Gasteiger partial charge in [0.15, 0.2) is 0 Å². The Morgan fingerprint density at radius 2 is 1.68 bits per heavy atom. The summed E-state index contributed by atoms with van der Waals surface area (Å²) in [5, 5.41) is 26.5. The smallest absolute Gasteiger partial charge is 0.414 e. The second-order valence-electron chi connectivity index (χ2n) is 9.46. The second kappa shape index (κ2) is 11.9. The van der Waals surface area contributed by atoms with Crippen LogP contribution in [0.5, 0.6) is 5.75 Å². The molecule has 3 N–H and O–H groups in total. The largest absolute Gasteiger partial charge is 0.508 e. The summed E-state index contributed by atoms with van der Waals surface area (Å²) in [4.78, 5) is 35.0. The minimum absolute atomic E-state index is 0.255. The van der Waals surface area contributed by atoms with Gasteiger partial charge in [0.05, 0.1) is 12.2 Å². The molecule has 0 radical (unpaired) electrons. The van der Waals surface area contributed by atoms with Crippen LogP contribution < -0.4 is 0 Å². The number of aromatic nitrogens is 1. The number of hydrogen-bond acceptors (Lipinski definition) is 7. The Bertz CT molecular complexity index is 1320. The first kappa shape index (κ1) is 27.5. The van der Waals surface area contributed by atoms with Crippen LogP contribution in [0.1, 0.15) is 60.3 Å². The summed E-state index contributed by atoms with van der Waals surface area (Å²) in [6.07, 6.45) is 4.63. The molecule has 0 unspecified atom stereocenters. The number of esters is 1. The van der Waals surface area contributed by atoms with Crippen molar-refractivity contribution in [3.63, 3.8) is 0 Å². The molecule has 0 atom stereocenters. The van der Waals surface area contributed by atoms with Gasteiger partial charge in [-0.3, -0.25) is 4.90 Å². The molecule has 2 aliphatic rings. The van der Waals surface area contributed by atoms with Gasteiger partial charge in [-0.15, -0.1) is 11.8 Å². The minimum atomic E-state index is -1.82. The summed E-state index contributed by atoms with van der Waals surface area (Å²) >= 11 is 1.74. The number of ether oxygens (including phenoxy) is 1. The summed E-state index contributed by atoms with van der Waals surface area (Å²) in [5.74, 6) is -3.00. The zero-order chi connectivity index (χ0) is 27.4. The fourth-order valence-corrected chi connectivity index (χ4v) is 5.49. The van der Waals surface area contributed by atoms with E-state index in [2.05, 4.69) is 28.6 Å². The topological polar surface area (TPSA) is 129 Å². The van der Waals surface area contributed by atoms with Crippen LogP contribution >= 0.6 is 11.8 Å². The highest BCUT2D eigenvalue weighted by molar-refractivity contribution is 7.98. The van der Waals surface area contributed by atoms with Crippen molar-refractivity contribution in [2.24, 2.45) is 0 Å². The molecule has 2 fully saturated rings. The molecule has 0 aliphatic heterocycles. The molecule has 38 heavy (non-hydrogen) atoms. The molecule has 3 aromatic rings. The van der Waals surface area contributed by atoms with Crippen molar-refractivity contribution in [3.8, 4) is 5.75 Å². The number of nitrogens with zero attached hydrogens (tertiary/aromatic N) is 2. The average molecular weight is 541 g/mol. The standard InChI is InChI=1S/C26H30N2O3S.C2H2O4/c1-3-31-26(30)25-22(16-32-19-7-5-4-6-8-19)28(18-11-12-18)21-13-14-23(29)20(24(21)25)15-27(2)17-9-10-17;3-1(4)2(5)6/h4-8,13-14,17-18,29H,3,9-12,15-16H2,1-2H3;(H,3,4)(H,5,6). The summed E-state index contributed by atoms with van der Waals surface area (Å²) in [5.41, 5.74) is 3.52. The fraction of sp³-hybridized carbons (Fsp3) is 0.393. The number of phenols is 1. The first-order valence-corrected chi connectivity index (χ1v) is 13.6. The Labute approximate surface area is 225 Å². The van der Waals surface area contributed by atoms with Gasteiger partial charge in [0.2, 0.25) is 0 Å². The van der Waals surface area contributed by atoms with Gasteiger partial charge in [-0.2, -0.15) is 0 Å². The van der Waals surface area contributed by atoms with E-state index in [-0.39, 0.29) is 11.7 Å². The first-order chi connectivity index (χ1) is 18.2. The number of carbonyl (C=O) groups is 3. The fourth-order valence-electron chi connectivity index (χ4n) is 4.55. The zero-order valence-corrected chi connectivity index (χ0v) is 22.2. The van der Waals surface area contributed by atoms with Crippen molar-refractivity contribution in [3.05, 3.63) is 59.3 Å². The molecule has 1 aromatic heterocycles. The normalized spacial score (nSPS) is 14.7. The number of benzene rings is 2. The number of aromatic hydroxyl groups is 1. The number of thioether (sulfide) groups is 1. The third-order valence-corrected chi connectivity index (χ3v) is 7.65. The van der Waals surface area contributed by atoms with Crippen LogP contribution in [-0.2, 0) is 26.6 Å². The lowest BCUT2D eigenvalue weighted by atomic mass is 10.0. The molecule has 9 nitrogen and oxygen atoms in total. The lowest BCUT2D eigenvalue weighted by molar-refractivity contribution is -0.159. The number of hydrogen-bond donors (Lipinski definition) is 3. The van der Waals surface area contributed by atoms with Crippen molar-refractivity contribution >= 4 is 40.6 Å². The van der Waals surface area contributed by atoms with Crippen molar-refractivity contribution in [2.75, 3.05) is 13.7 Å². The van der Waals surface area contributed by atoms with Gasteiger partial charge >= 0.3 is 17.9 Å². The number of phenolic OH excluding ortho intramolecular Hbond substituents is 1. The summed E-state index contributed by atoms with van der Waals surface area (Å²) in [7, 11) is 2.10. The third-order valence-electron chi connectivity index (χ3n) is 6.63. The summed E-state index contributed by atoms with van der Waals surface area (Å²) in [6.45, 7) is 2.80. The lowest BCUT2D eigenvalue weighted by Crippen LogP contribution is -2.20. The van der Waals surface area contributed by atoms with Gasteiger partial charge in [0.25, 0.3) is 0 Å². The van der Waals surface area contributed by atoms with E-state index in [0.717, 1.165) is 35.0 Å². The van der Waals surface area contributed by atoms with Gasteiger partial charge in [0, 0.05) is 51.4 Å². The number of carbonyl (C=O) groups excluding carboxylic acids is 1. The van der Waals surface area contributed by atoms with Crippen LogP contribution in [0.4, 0.5) is 0 Å². The van der Waals surface area contributed by atoms with Gasteiger partial charge < -0.3 is 24.6 Å². The Hall–Kier alpha value is -3.50. The van der Waals surface area contributed by atoms with Crippen LogP contribution in [0.15, 0.2) is 47.4 Å². The number of carboxylic acid groups (broad SMARTS) is 2. The maximum absolute atomic E-state index is 13.3. The molecule has 2 aromatic carbocycles. The second-order valence-corrected chi connectivity index (χ2v) is 10.5. The first-order valence-electron chi connectivity index (χ1n) is 12.6. The molecule has 1 heterocycles. The van der Waals surface area contributed by atoms with Crippen LogP contribution in [0.2, 0.25) is 0 Å². The molecule has 10 heteroatoms. The predicted octanol–water partition coefficient (Wildman–Crippen LogP) is 4.90. The zero-order valence-electron chi connectivity index (χ0n) is 21.4. The molecular formula is C28H32N2O7S. The van der Waals surface area contributed by atoms with E-state index in [1.807, 2.05) is 31.2 Å². The van der Waals surface area contributed by atoms with E-state index >= 15 is 0 Å². The van der Waals surface area contributed by atoms with Gasteiger partial charge in [-0.05, 0) is 63.9 Å². The maximum atomic E-state index is 13.3. The van der Waals surface area contributed by atoms with Crippen molar-refractivity contribution in [1.29, 1.82) is 0 Å². The number of fused-ring (bicyclic) bond motifs is 1. The monoisotopic (exact) mass is 540 g/mol. The van der Waals surface area contributed by atoms with E-state index in [1.165, 1.54) is 17.7 Å². The van der Waals surface area contributed by atoms with E-state index in [0.29, 0.717) is 36.6 Å². The molecule has 0 saturated heterocycles. The van der Waals surface area contributed by atoms with E-state index in [9.17, 15) is 9.90 Å². The van der Waals surface area contributed by atoms with Crippen molar-refractivity contribution in [2.45, 2.75) is 61.9 Å². The molecule has 0 amide bonds. The predicted molar refractivity (Wildman–Crippen MR) is 144 cm³/mol. The quantitative estimate of drug-likeness (QED) is 0.197. The molecule has 0 spiro atoms. The number of carboxylic acids is 2. The Balaban J connectivity index is 0.000000505. The number of aliphatic carboxylic acids is 2. The molecule has 202 valence electrons. The highest BCUT2D eigenvalue weighted by Gasteiger charge is 2.35. The third kappa shape index (κ3) is 6.31. The Morgan fingerprint density at radius 3 is 2.24 bits per heavy atom. The van der Waals surface area contributed by atoms with Crippen LogP contribution in [-0.4, -0.2) is 62.4 Å². The van der Waals surface area contributed by atoms with Gasteiger partial charge in [0.1, 0.15) is 5.75 Å². The van der Waals surface area contributed by atoms with Gasteiger partial charge in [-0.25, -0.2) is 14.4 Å². The van der Waals surface area contributed by atoms with Crippen LogP contribution in [0.3, 0.4) is 0 Å². The van der Waals surface area contributed by atoms with E-state index in [4.69, 9.17) is 24.5 Å². The average Bonchev–Trinajstić information content (AvgIpc) is 3.82. The van der Waals surface area contributed by atoms with E-state index < -0.39 is 11.9 Å². The SMILES string of the molecule is CCOC(=O)c1c(CSc2ccccc2)n(C2CC2)c2ccc(O)c(CN(C)C3CC3)c12.O=C(O)C(=O)O. The van der Waals surface area contributed by atoms with E-state index in [1.54, 1.807) is 17.8 Å². The highest BCUT2D eigenvalue weighted by Crippen LogP contribution is 2.45. The Morgan fingerprint density at radius 1 is 1.03 bits per heavy atom. The van der Waals surface area contributed by atoms with Gasteiger partial charge in [-0.1, -0.05) is 18.2 Å². The molecule has 0 bridgehead atoms.